The van der Waals surface area contributed by atoms with E-state index in [1.165, 1.54) is 0 Å². The Morgan fingerprint density at radius 1 is 1.22 bits per heavy atom. The molecular weight excluding hydrogens is 250 g/mol. The summed E-state index contributed by atoms with van der Waals surface area (Å²) in [7, 11) is -3.38. The summed E-state index contributed by atoms with van der Waals surface area (Å²) in [6.07, 6.45) is 3.34. The van der Waals surface area contributed by atoms with Crippen molar-refractivity contribution in [2.24, 2.45) is 0 Å². The predicted octanol–water partition coefficient (Wildman–Crippen LogP) is 2.69. The number of sulfonamides is 1. The Morgan fingerprint density at radius 3 is 2.44 bits per heavy atom. The van der Waals surface area contributed by atoms with E-state index in [0.29, 0.717) is 24.1 Å². The second-order valence-electron chi connectivity index (χ2n) is 5.03. The Labute approximate surface area is 108 Å². The molecule has 1 fully saturated rings. The molecule has 5 heteroatoms. The number of anilines is 1. The standard InChI is InChI=1S/C13H19NO3S/c1-9-7-10(2)13(15)12(8-9)14-18(16,17)11-5-3-4-6-11/h7-8,11,14-15H,3-6H2,1-2H3. The van der Waals surface area contributed by atoms with Crippen LogP contribution in [-0.4, -0.2) is 18.8 Å². The van der Waals surface area contributed by atoms with E-state index in [1.807, 2.05) is 13.0 Å². The first-order chi connectivity index (χ1) is 8.40. The molecular formula is C13H19NO3S. The van der Waals surface area contributed by atoms with Crippen LogP contribution in [-0.2, 0) is 10.0 Å². The zero-order valence-corrected chi connectivity index (χ0v) is 11.5. The fraction of sp³-hybridized carbons (Fsp3) is 0.538. The molecule has 2 N–H and O–H groups in total. The molecule has 1 saturated carbocycles. The third kappa shape index (κ3) is 2.61. The van der Waals surface area contributed by atoms with Crippen molar-refractivity contribution < 1.29 is 13.5 Å². The number of nitrogens with one attached hydrogen (secondary N) is 1. The molecule has 1 aliphatic rings. The van der Waals surface area contributed by atoms with E-state index in [-0.39, 0.29) is 11.0 Å². The molecule has 0 unspecified atom stereocenters. The minimum Gasteiger partial charge on any atom is -0.505 e. The van der Waals surface area contributed by atoms with Crippen molar-refractivity contribution in [3.8, 4) is 5.75 Å². The van der Waals surface area contributed by atoms with E-state index in [2.05, 4.69) is 4.72 Å². The van der Waals surface area contributed by atoms with Crippen molar-refractivity contribution in [1.29, 1.82) is 0 Å². The number of phenols is 1. The van der Waals surface area contributed by atoms with Gasteiger partial charge in [-0.15, -0.1) is 0 Å². The van der Waals surface area contributed by atoms with Crippen LogP contribution >= 0.6 is 0 Å². The third-order valence-electron chi connectivity index (χ3n) is 3.44. The summed E-state index contributed by atoms with van der Waals surface area (Å²) >= 11 is 0. The number of phenolic OH excluding ortho intramolecular Hbond substituents is 1. The Bertz CT molecular complexity index is 546. The van der Waals surface area contributed by atoms with Crippen LogP contribution in [0.15, 0.2) is 12.1 Å². The molecule has 0 saturated heterocycles. The van der Waals surface area contributed by atoms with E-state index >= 15 is 0 Å². The molecule has 0 aromatic heterocycles. The molecule has 0 aliphatic heterocycles. The zero-order valence-electron chi connectivity index (χ0n) is 10.7. The van der Waals surface area contributed by atoms with Gasteiger partial charge in [0.1, 0.15) is 5.75 Å². The van der Waals surface area contributed by atoms with Crippen molar-refractivity contribution in [3.05, 3.63) is 23.3 Å². The van der Waals surface area contributed by atoms with Crippen LogP contribution in [0.25, 0.3) is 0 Å². The minimum atomic E-state index is -3.38. The van der Waals surface area contributed by atoms with Crippen LogP contribution in [0.3, 0.4) is 0 Å². The van der Waals surface area contributed by atoms with Gasteiger partial charge in [-0.2, -0.15) is 0 Å². The van der Waals surface area contributed by atoms with Crippen LogP contribution in [0.2, 0.25) is 0 Å². The summed E-state index contributed by atoms with van der Waals surface area (Å²) in [5, 5.41) is 9.58. The molecule has 18 heavy (non-hydrogen) atoms. The summed E-state index contributed by atoms with van der Waals surface area (Å²) in [5.41, 5.74) is 1.90. The van der Waals surface area contributed by atoms with Crippen molar-refractivity contribution in [2.75, 3.05) is 4.72 Å². The zero-order chi connectivity index (χ0) is 13.3. The second-order valence-corrected chi connectivity index (χ2v) is 6.99. The highest BCUT2D eigenvalue weighted by Gasteiger charge is 2.29. The van der Waals surface area contributed by atoms with Gasteiger partial charge in [-0.1, -0.05) is 18.9 Å². The van der Waals surface area contributed by atoms with Gasteiger partial charge < -0.3 is 5.11 Å². The highest BCUT2D eigenvalue weighted by atomic mass is 32.2. The second kappa shape index (κ2) is 4.80. The summed E-state index contributed by atoms with van der Waals surface area (Å²) in [4.78, 5) is 0. The van der Waals surface area contributed by atoms with E-state index in [0.717, 1.165) is 18.4 Å². The molecule has 1 aromatic rings. The lowest BCUT2D eigenvalue weighted by Crippen LogP contribution is -2.25. The SMILES string of the molecule is Cc1cc(C)c(O)c(NS(=O)(=O)C2CCCC2)c1. The topological polar surface area (TPSA) is 66.4 Å². The molecule has 0 bridgehead atoms. The van der Waals surface area contributed by atoms with Gasteiger partial charge in [0, 0.05) is 0 Å². The van der Waals surface area contributed by atoms with Gasteiger partial charge >= 0.3 is 0 Å². The molecule has 0 radical (unpaired) electrons. The minimum absolute atomic E-state index is 0.0159. The number of hydrogen-bond acceptors (Lipinski definition) is 3. The first-order valence-corrected chi connectivity index (χ1v) is 7.76. The molecule has 0 amide bonds. The Balaban J connectivity index is 2.28. The van der Waals surface area contributed by atoms with Gasteiger partial charge in [0.25, 0.3) is 0 Å². The van der Waals surface area contributed by atoms with Gasteiger partial charge in [-0.3, -0.25) is 4.72 Å². The lowest BCUT2D eigenvalue weighted by Gasteiger charge is -2.15. The molecule has 1 aliphatic carbocycles. The van der Waals surface area contributed by atoms with Crippen LogP contribution in [0.1, 0.15) is 36.8 Å². The van der Waals surface area contributed by atoms with Crippen LogP contribution < -0.4 is 4.72 Å². The smallest absolute Gasteiger partial charge is 0.235 e. The van der Waals surface area contributed by atoms with Crippen LogP contribution in [0, 0.1) is 13.8 Å². The molecule has 0 atom stereocenters. The molecule has 0 heterocycles. The molecule has 2 rings (SSSR count). The summed E-state index contributed by atoms with van der Waals surface area (Å²) in [5.74, 6) is 0.0159. The molecule has 100 valence electrons. The Hall–Kier alpha value is -1.23. The van der Waals surface area contributed by atoms with Crippen LogP contribution in [0.4, 0.5) is 5.69 Å². The van der Waals surface area contributed by atoms with E-state index in [4.69, 9.17) is 0 Å². The van der Waals surface area contributed by atoms with E-state index < -0.39 is 10.0 Å². The quantitative estimate of drug-likeness (QED) is 0.829. The molecule has 4 nitrogen and oxygen atoms in total. The summed E-state index contributed by atoms with van der Waals surface area (Å²) in [6, 6.07) is 3.48. The van der Waals surface area contributed by atoms with E-state index in [1.54, 1.807) is 13.0 Å². The first kappa shape index (κ1) is 13.2. The van der Waals surface area contributed by atoms with Gasteiger partial charge in [-0.25, -0.2) is 8.42 Å². The number of hydrogen-bond donors (Lipinski definition) is 2. The van der Waals surface area contributed by atoms with E-state index in [9.17, 15) is 13.5 Å². The maximum absolute atomic E-state index is 12.2. The first-order valence-electron chi connectivity index (χ1n) is 6.22. The van der Waals surface area contributed by atoms with Gasteiger partial charge in [-0.05, 0) is 43.9 Å². The Kier molecular flexibility index (Phi) is 3.52. The monoisotopic (exact) mass is 269 g/mol. The van der Waals surface area contributed by atoms with Crippen LogP contribution in [0.5, 0.6) is 5.75 Å². The highest BCUT2D eigenvalue weighted by molar-refractivity contribution is 7.93. The van der Waals surface area contributed by atoms with Gasteiger partial charge in [0.05, 0.1) is 10.9 Å². The largest absolute Gasteiger partial charge is 0.505 e. The number of aryl methyl sites for hydroxylation is 2. The molecule has 0 spiro atoms. The summed E-state index contributed by atoms with van der Waals surface area (Å²) in [6.45, 7) is 3.63. The summed E-state index contributed by atoms with van der Waals surface area (Å²) < 4.78 is 26.8. The predicted molar refractivity (Wildman–Crippen MR) is 72.4 cm³/mol. The Morgan fingerprint density at radius 2 is 1.83 bits per heavy atom. The van der Waals surface area contributed by atoms with Gasteiger partial charge in [0.2, 0.25) is 10.0 Å². The number of aromatic hydroxyl groups is 1. The normalized spacial score (nSPS) is 17.0. The average molecular weight is 269 g/mol. The van der Waals surface area contributed by atoms with Crippen molar-refractivity contribution in [1.82, 2.24) is 0 Å². The number of benzene rings is 1. The van der Waals surface area contributed by atoms with Crippen molar-refractivity contribution in [3.63, 3.8) is 0 Å². The number of rotatable bonds is 3. The fourth-order valence-corrected chi connectivity index (χ4v) is 4.06. The third-order valence-corrected chi connectivity index (χ3v) is 5.29. The fourth-order valence-electron chi connectivity index (χ4n) is 2.47. The average Bonchev–Trinajstić information content (AvgIpc) is 2.78. The lowest BCUT2D eigenvalue weighted by molar-refractivity contribution is 0.473. The maximum atomic E-state index is 12.2. The van der Waals surface area contributed by atoms with Crippen molar-refractivity contribution >= 4 is 15.7 Å². The highest BCUT2D eigenvalue weighted by Crippen LogP contribution is 2.32. The van der Waals surface area contributed by atoms with Crippen molar-refractivity contribution in [2.45, 2.75) is 44.8 Å². The lowest BCUT2D eigenvalue weighted by atomic mass is 10.1. The maximum Gasteiger partial charge on any atom is 0.235 e. The molecule has 1 aromatic carbocycles. The van der Waals surface area contributed by atoms with Gasteiger partial charge in [0.15, 0.2) is 0 Å².